The Labute approximate surface area is 241 Å². The second-order valence-electron chi connectivity index (χ2n) is 9.18. The number of amides is 2. The lowest BCUT2D eigenvalue weighted by atomic mass is 10.1. The van der Waals surface area contributed by atoms with E-state index in [-0.39, 0.29) is 23.0 Å². The molecule has 1 atom stereocenters. The third-order valence-electron chi connectivity index (χ3n) is 6.32. The normalized spacial score (nSPS) is 11.9. The van der Waals surface area contributed by atoms with Crippen molar-refractivity contribution in [1.82, 2.24) is 10.2 Å². The maximum Gasteiger partial charge on any atom is 0.264 e. The molecule has 0 aliphatic heterocycles. The van der Waals surface area contributed by atoms with Gasteiger partial charge in [0, 0.05) is 18.1 Å². The van der Waals surface area contributed by atoms with Gasteiger partial charge in [-0.2, -0.15) is 0 Å². The topological polar surface area (TPSA) is 96.0 Å². The minimum atomic E-state index is -4.17. The van der Waals surface area contributed by atoms with Gasteiger partial charge in [0.05, 0.1) is 17.2 Å². The molecule has 0 saturated heterocycles. The number of carbonyl (C=O) groups excluding carboxylic acids is 2. The summed E-state index contributed by atoms with van der Waals surface area (Å²) in [5, 5.41) is 3.23. The van der Waals surface area contributed by atoms with E-state index < -0.39 is 28.5 Å². The van der Waals surface area contributed by atoms with E-state index in [2.05, 4.69) is 5.32 Å². The van der Waals surface area contributed by atoms with Gasteiger partial charge in [-0.05, 0) is 80.8 Å². The van der Waals surface area contributed by atoms with Gasteiger partial charge in [-0.15, -0.1) is 0 Å². The highest BCUT2D eigenvalue weighted by atomic mass is 35.5. The standard InChI is InChI=1S/C30H36ClN3O5S/c1-4-20-32-30(36)23(3)33(21-19-24-9-7-6-8-10-24)29(35)22-34(26-13-15-27(16-14-26)39-5-2)40(37,38)28-17-11-25(31)12-18-28/h6-18,23H,4-5,19-22H2,1-3H3,(H,32,36)/t23-/m1/s1. The molecular weight excluding hydrogens is 550 g/mol. The number of nitrogens with zero attached hydrogens (tertiary/aromatic N) is 2. The highest BCUT2D eigenvalue weighted by molar-refractivity contribution is 7.92. The summed E-state index contributed by atoms with van der Waals surface area (Å²) in [5.74, 6) is -0.218. The molecule has 0 fully saturated rings. The summed E-state index contributed by atoms with van der Waals surface area (Å²) in [6.07, 6.45) is 1.26. The molecule has 10 heteroatoms. The molecule has 0 heterocycles. The number of carbonyl (C=O) groups is 2. The lowest BCUT2D eigenvalue weighted by Crippen LogP contribution is -2.52. The van der Waals surface area contributed by atoms with Crippen LogP contribution in [0.3, 0.4) is 0 Å². The SMILES string of the molecule is CCCNC(=O)[C@@H](C)N(CCc1ccccc1)C(=O)CN(c1ccc(OCC)cc1)S(=O)(=O)c1ccc(Cl)cc1. The third-order valence-corrected chi connectivity index (χ3v) is 8.36. The van der Waals surface area contributed by atoms with E-state index in [1.807, 2.05) is 44.2 Å². The Morgan fingerprint density at radius 2 is 1.60 bits per heavy atom. The molecule has 2 amide bonds. The summed E-state index contributed by atoms with van der Waals surface area (Å²) in [6, 6.07) is 21.1. The van der Waals surface area contributed by atoms with Gasteiger partial charge in [0.2, 0.25) is 11.8 Å². The number of anilines is 1. The van der Waals surface area contributed by atoms with Crippen molar-refractivity contribution in [2.45, 2.75) is 44.6 Å². The molecule has 40 heavy (non-hydrogen) atoms. The Kier molecular flexibility index (Phi) is 11.4. The third kappa shape index (κ3) is 8.22. The van der Waals surface area contributed by atoms with Gasteiger partial charge < -0.3 is 15.0 Å². The number of sulfonamides is 1. The molecule has 0 unspecified atom stereocenters. The number of rotatable bonds is 14. The van der Waals surface area contributed by atoms with E-state index in [0.717, 1.165) is 16.3 Å². The Bertz CT molecular complexity index is 1350. The zero-order valence-corrected chi connectivity index (χ0v) is 24.6. The molecule has 0 spiro atoms. The fourth-order valence-electron chi connectivity index (χ4n) is 4.10. The summed E-state index contributed by atoms with van der Waals surface area (Å²) in [4.78, 5) is 28.2. The molecule has 3 aromatic rings. The summed E-state index contributed by atoms with van der Waals surface area (Å²) in [5.41, 5.74) is 1.29. The minimum Gasteiger partial charge on any atom is -0.494 e. The second kappa shape index (κ2) is 14.7. The van der Waals surface area contributed by atoms with E-state index in [4.69, 9.17) is 16.3 Å². The van der Waals surface area contributed by atoms with Crippen LogP contribution in [0.4, 0.5) is 5.69 Å². The van der Waals surface area contributed by atoms with Gasteiger partial charge in [-0.3, -0.25) is 13.9 Å². The van der Waals surface area contributed by atoms with E-state index in [1.165, 1.54) is 29.2 Å². The molecule has 8 nitrogen and oxygen atoms in total. The summed E-state index contributed by atoms with van der Waals surface area (Å²) in [6.45, 7) is 6.13. The number of benzene rings is 3. The smallest absolute Gasteiger partial charge is 0.264 e. The molecule has 0 aromatic heterocycles. The first-order valence-corrected chi connectivity index (χ1v) is 15.1. The first-order chi connectivity index (χ1) is 19.2. The van der Waals surface area contributed by atoms with Crippen molar-refractivity contribution in [3.05, 3.63) is 89.4 Å². The van der Waals surface area contributed by atoms with Gasteiger partial charge in [0.1, 0.15) is 18.3 Å². The lowest BCUT2D eigenvalue weighted by molar-refractivity contribution is -0.138. The van der Waals surface area contributed by atoms with E-state index in [1.54, 1.807) is 31.2 Å². The van der Waals surface area contributed by atoms with Crippen LogP contribution >= 0.6 is 11.6 Å². The van der Waals surface area contributed by atoms with Crippen molar-refractivity contribution in [2.24, 2.45) is 0 Å². The summed E-state index contributed by atoms with van der Waals surface area (Å²) >= 11 is 6.00. The average molecular weight is 586 g/mol. The largest absolute Gasteiger partial charge is 0.494 e. The van der Waals surface area contributed by atoms with Crippen molar-refractivity contribution >= 4 is 39.1 Å². The number of hydrogen-bond acceptors (Lipinski definition) is 5. The van der Waals surface area contributed by atoms with Crippen molar-refractivity contribution in [2.75, 3.05) is 30.5 Å². The van der Waals surface area contributed by atoms with E-state index in [0.29, 0.717) is 30.3 Å². The Balaban J connectivity index is 1.97. The van der Waals surface area contributed by atoms with Crippen LogP contribution < -0.4 is 14.4 Å². The molecule has 0 aliphatic carbocycles. The van der Waals surface area contributed by atoms with Crippen LogP contribution in [-0.4, -0.2) is 57.4 Å². The van der Waals surface area contributed by atoms with Crippen molar-refractivity contribution in [3.8, 4) is 5.75 Å². The van der Waals surface area contributed by atoms with Crippen molar-refractivity contribution in [1.29, 1.82) is 0 Å². The van der Waals surface area contributed by atoms with Crippen molar-refractivity contribution in [3.63, 3.8) is 0 Å². The van der Waals surface area contributed by atoms with Gasteiger partial charge in [0.15, 0.2) is 0 Å². The molecule has 0 radical (unpaired) electrons. The Hall–Kier alpha value is -3.56. The molecule has 0 aliphatic rings. The molecule has 3 rings (SSSR count). The number of ether oxygens (including phenoxy) is 1. The molecule has 0 saturated carbocycles. The maximum absolute atomic E-state index is 13.9. The molecule has 0 bridgehead atoms. The van der Waals surface area contributed by atoms with Crippen LogP contribution in [0.2, 0.25) is 5.02 Å². The second-order valence-corrected chi connectivity index (χ2v) is 11.5. The predicted octanol–water partition coefficient (Wildman–Crippen LogP) is 4.92. The zero-order valence-electron chi connectivity index (χ0n) is 23.0. The fraction of sp³-hybridized carbons (Fsp3) is 0.333. The van der Waals surface area contributed by atoms with Gasteiger partial charge >= 0.3 is 0 Å². The van der Waals surface area contributed by atoms with Crippen LogP contribution in [0.1, 0.15) is 32.8 Å². The first kappa shape index (κ1) is 31.0. The summed E-state index contributed by atoms with van der Waals surface area (Å²) < 4.78 is 34.2. The van der Waals surface area contributed by atoms with Crippen LogP contribution in [-0.2, 0) is 26.0 Å². The Morgan fingerprint density at radius 3 is 2.20 bits per heavy atom. The first-order valence-electron chi connectivity index (χ1n) is 13.3. The monoisotopic (exact) mass is 585 g/mol. The highest BCUT2D eigenvalue weighted by Crippen LogP contribution is 2.27. The highest BCUT2D eigenvalue weighted by Gasteiger charge is 2.32. The molecule has 214 valence electrons. The van der Waals surface area contributed by atoms with E-state index in [9.17, 15) is 18.0 Å². The summed E-state index contributed by atoms with van der Waals surface area (Å²) in [7, 11) is -4.17. The average Bonchev–Trinajstić information content (AvgIpc) is 2.96. The maximum atomic E-state index is 13.9. The van der Waals surface area contributed by atoms with Gasteiger partial charge in [0.25, 0.3) is 10.0 Å². The van der Waals surface area contributed by atoms with Crippen LogP contribution in [0.25, 0.3) is 0 Å². The zero-order chi connectivity index (χ0) is 29.1. The number of nitrogens with one attached hydrogen (secondary N) is 1. The van der Waals surface area contributed by atoms with Gasteiger partial charge in [-0.1, -0.05) is 48.9 Å². The quantitative estimate of drug-likeness (QED) is 0.290. The minimum absolute atomic E-state index is 0.0110. The number of hydrogen-bond donors (Lipinski definition) is 1. The van der Waals surface area contributed by atoms with Crippen LogP contribution in [0, 0.1) is 0 Å². The number of halogens is 1. The predicted molar refractivity (Wildman–Crippen MR) is 158 cm³/mol. The van der Waals surface area contributed by atoms with Crippen molar-refractivity contribution < 1.29 is 22.7 Å². The lowest BCUT2D eigenvalue weighted by Gasteiger charge is -2.32. The van der Waals surface area contributed by atoms with Crippen LogP contribution in [0.5, 0.6) is 5.75 Å². The van der Waals surface area contributed by atoms with Gasteiger partial charge in [-0.25, -0.2) is 8.42 Å². The molecular formula is C30H36ClN3O5S. The van der Waals surface area contributed by atoms with E-state index >= 15 is 0 Å². The fourth-order valence-corrected chi connectivity index (χ4v) is 5.64. The molecule has 3 aromatic carbocycles. The van der Waals surface area contributed by atoms with Crippen LogP contribution in [0.15, 0.2) is 83.8 Å². The molecule has 1 N–H and O–H groups in total. The Morgan fingerprint density at radius 1 is 0.950 bits per heavy atom.